The van der Waals surface area contributed by atoms with Crippen molar-refractivity contribution in [1.82, 2.24) is 18.8 Å². The lowest BCUT2D eigenvalue weighted by Crippen LogP contribution is -2.39. The van der Waals surface area contributed by atoms with Crippen LogP contribution in [0.2, 0.25) is 0 Å². The monoisotopic (exact) mass is 382 g/mol. The average Bonchev–Trinajstić information content (AvgIpc) is 3.18. The molecular weight excluding hydrogens is 360 g/mol. The van der Waals surface area contributed by atoms with Crippen LogP contribution in [0, 0.1) is 0 Å². The van der Waals surface area contributed by atoms with Crippen molar-refractivity contribution < 1.29 is 8.42 Å². The number of pyridine rings is 1. The molecule has 3 aromatic rings. The number of benzene rings is 1. The van der Waals surface area contributed by atoms with Gasteiger partial charge in [-0.3, -0.25) is 4.98 Å². The van der Waals surface area contributed by atoms with Gasteiger partial charge in [0.2, 0.25) is 10.0 Å². The summed E-state index contributed by atoms with van der Waals surface area (Å²) in [6.07, 6.45) is 9.08. The molecule has 0 spiro atoms. The number of nitrogens with zero attached hydrogens (tertiary/aromatic N) is 4. The molecule has 1 aromatic carbocycles. The fourth-order valence-corrected chi connectivity index (χ4v) is 5.16. The third kappa shape index (κ3) is 3.79. The van der Waals surface area contributed by atoms with Gasteiger partial charge in [-0.05, 0) is 42.7 Å². The van der Waals surface area contributed by atoms with Crippen molar-refractivity contribution in [2.24, 2.45) is 0 Å². The highest BCUT2D eigenvalue weighted by atomic mass is 32.2. The summed E-state index contributed by atoms with van der Waals surface area (Å²) in [5, 5.41) is 0. The van der Waals surface area contributed by atoms with Crippen LogP contribution in [0.5, 0.6) is 0 Å². The highest BCUT2D eigenvalue weighted by molar-refractivity contribution is 7.89. The predicted octanol–water partition coefficient (Wildman–Crippen LogP) is 2.89. The van der Waals surface area contributed by atoms with Crippen LogP contribution in [-0.2, 0) is 16.6 Å². The minimum Gasteiger partial charge on any atom is -0.330 e. The zero-order valence-corrected chi connectivity index (χ0v) is 15.8. The van der Waals surface area contributed by atoms with Crippen LogP contribution in [-0.4, -0.2) is 40.3 Å². The number of sulfonamides is 1. The largest absolute Gasteiger partial charge is 0.330 e. The van der Waals surface area contributed by atoms with E-state index in [1.807, 2.05) is 24.4 Å². The maximum absolute atomic E-state index is 13.0. The number of imidazole rings is 1. The maximum Gasteiger partial charge on any atom is 0.243 e. The highest BCUT2D eigenvalue weighted by Crippen LogP contribution is 2.29. The number of hydrogen-bond donors (Lipinski definition) is 0. The third-order valence-electron chi connectivity index (χ3n) is 4.98. The number of rotatable bonds is 5. The van der Waals surface area contributed by atoms with Crippen LogP contribution in [0.4, 0.5) is 0 Å². The topological polar surface area (TPSA) is 68.1 Å². The second kappa shape index (κ2) is 7.62. The Morgan fingerprint density at radius 2 is 1.81 bits per heavy atom. The van der Waals surface area contributed by atoms with Gasteiger partial charge in [-0.25, -0.2) is 13.4 Å². The molecule has 2 aromatic heterocycles. The van der Waals surface area contributed by atoms with Gasteiger partial charge >= 0.3 is 0 Å². The molecule has 6 nitrogen and oxygen atoms in total. The van der Waals surface area contributed by atoms with Gasteiger partial charge in [0.1, 0.15) is 5.82 Å². The maximum atomic E-state index is 13.0. The van der Waals surface area contributed by atoms with Crippen molar-refractivity contribution >= 4 is 10.0 Å². The molecule has 1 aliphatic rings. The summed E-state index contributed by atoms with van der Waals surface area (Å²) in [6, 6.07) is 12.6. The molecule has 140 valence electrons. The molecule has 27 heavy (non-hydrogen) atoms. The Kier molecular flexibility index (Phi) is 5.05. The quantitative estimate of drug-likeness (QED) is 0.680. The number of piperidine rings is 1. The van der Waals surface area contributed by atoms with Gasteiger partial charge in [0.05, 0.1) is 4.90 Å². The van der Waals surface area contributed by atoms with E-state index in [-0.39, 0.29) is 5.92 Å². The van der Waals surface area contributed by atoms with Crippen LogP contribution < -0.4 is 0 Å². The number of hydrogen-bond acceptors (Lipinski definition) is 4. The first-order chi connectivity index (χ1) is 13.1. The molecule has 0 N–H and O–H groups in total. The van der Waals surface area contributed by atoms with Gasteiger partial charge in [0, 0.05) is 50.3 Å². The lowest BCUT2D eigenvalue weighted by Gasteiger charge is -2.32. The zero-order valence-electron chi connectivity index (χ0n) is 15.0. The van der Waals surface area contributed by atoms with Crippen molar-refractivity contribution in [1.29, 1.82) is 0 Å². The fourth-order valence-electron chi connectivity index (χ4n) is 3.61. The molecule has 1 saturated heterocycles. The van der Waals surface area contributed by atoms with E-state index in [1.54, 1.807) is 47.2 Å². The third-order valence-corrected chi connectivity index (χ3v) is 6.86. The van der Waals surface area contributed by atoms with Gasteiger partial charge < -0.3 is 4.57 Å². The normalized spacial score (nSPS) is 18.4. The SMILES string of the molecule is O=S(=O)(c1ccccc1)N1CCC[C@@H](c2nccn2Cc2ccncc2)C1. The van der Waals surface area contributed by atoms with E-state index in [4.69, 9.17) is 0 Å². The summed E-state index contributed by atoms with van der Waals surface area (Å²) in [6.45, 7) is 1.73. The van der Waals surface area contributed by atoms with E-state index in [9.17, 15) is 8.42 Å². The van der Waals surface area contributed by atoms with Crippen molar-refractivity contribution in [2.45, 2.75) is 30.2 Å². The molecule has 0 amide bonds. The summed E-state index contributed by atoms with van der Waals surface area (Å²) >= 11 is 0. The highest BCUT2D eigenvalue weighted by Gasteiger charge is 2.32. The molecule has 4 rings (SSSR count). The first-order valence-corrected chi connectivity index (χ1v) is 10.5. The second-order valence-corrected chi connectivity index (χ2v) is 8.72. The van der Waals surface area contributed by atoms with Crippen LogP contribution in [0.15, 0.2) is 72.1 Å². The first kappa shape index (κ1) is 17.9. The van der Waals surface area contributed by atoms with E-state index in [0.29, 0.717) is 24.5 Å². The Morgan fingerprint density at radius 3 is 2.59 bits per heavy atom. The van der Waals surface area contributed by atoms with Crippen molar-refractivity contribution in [2.75, 3.05) is 13.1 Å². The van der Waals surface area contributed by atoms with E-state index >= 15 is 0 Å². The Hall–Kier alpha value is -2.51. The lowest BCUT2D eigenvalue weighted by molar-refractivity contribution is 0.305. The fraction of sp³-hybridized carbons (Fsp3) is 0.300. The number of aromatic nitrogens is 3. The molecule has 0 radical (unpaired) electrons. The molecule has 0 saturated carbocycles. The summed E-state index contributed by atoms with van der Waals surface area (Å²) in [5.41, 5.74) is 1.15. The van der Waals surface area contributed by atoms with Crippen LogP contribution in [0.25, 0.3) is 0 Å². The van der Waals surface area contributed by atoms with E-state index in [2.05, 4.69) is 14.5 Å². The molecule has 1 fully saturated rings. The molecular formula is C20H22N4O2S. The molecule has 0 unspecified atom stereocenters. The van der Waals surface area contributed by atoms with Gasteiger partial charge in [0.25, 0.3) is 0 Å². The van der Waals surface area contributed by atoms with Crippen molar-refractivity contribution in [3.8, 4) is 0 Å². The Balaban J connectivity index is 1.55. The predicted molar refractivity (Wildman–Crippen MR) is 103 cm³/mol. The molecule has 0 bridgehead atoms. The average molecular weight is 382 g/mol. The van der Waals surface area contributed by atoms with Crippen LogP contribution >= 0.6 is 0 Å². The molecule has 0 aliphatic carbocycles. The van der Waals surface area contributed by atoms with Crippen molar-refractivity contribution in [3.63, 3.8) is 0 Å². The lowest BCUT2D eigenvalue weighted by atomic mass is 9.98. The Morgan fingerprint density at radius 1 is 1.04 bits per heavy atom. The van der Waals surface area contributed by atoms with Crippen LogP contribution in [0.1, 0.15) is 30.1 Å². The summed E-state index contributed by atoms with van der Waals surface area (Å²) in [4.78, 5) is 8.96. The second-order valence-electron chi connectivity index (χ2n) is 6.78. The molecule has 3 heterocycles. The van der Waals surface area contributed by atoms with Crippen molar-refractivity contribution in [3.05, 3.63) is 78.6 Å². The Bertz CT molecular complexity index is 987. The first-order valence-electron chi connectivity index (χ1n) is 9.10. The molecule has 1 aliphatic heterocycles. The minimum absolute atomic E-state index is 0.0917. The summed E-state index contributed by atoms with van der Waals surface area (Å²) in [7, 11) is -3.47. The van der Waals surface area contributed by atoms with Gasteiger partial charge in [-0.2, -0.15) is 4.31 Å². The van der Waals surface area contributed by atoms with E-state index in [0.717, 1.165) is 24.2 Å². The van der Waals surface area contributed by atoms with Gasteiger partial charge in [-0.15, -0.1) is 0 Å². The molecule has 7 heteroatoms. The molecule has 1 atom stereocenters. The smallest absolute Gasteiger partial charge is 0.243 e. The summed E-state index contributed by atoms with van der Waals surface area (Å²) < 4.78 is 29.6. The van der Waals surface area contributed by atoms with Gasteiger partial charge in [-0.1, -0.05) is 18.2 Å². The van der Waals surface area contributed by atoms with Crippen LogP contribution in [0.3, 0.4) is 0 Å². The zero-order chi connectivity index (χ0) is 18.7. The minimum atomic E-state index is -3.47. The van der Waals surface area contributed by atoms with E-state index < -0.39 is 10.0 Å². The standard InChI is InChI=1S/C20H22N4O2S/c25-27(26,19-6-2-1-3-7-19)24-13-4-5-18(16-24)20-22-12-14-23(20)15-17-8-10-21-11-9-17/h1-3,6-12,14,18H,4-5,13,15-16H2/t18-/m1/s1. The Labute approximate surface area is 159 Å². The van der Waals surface area contributed by atoms with E-state index in [1.165, 1.54) is 0 Å². The van der Waals surface area contributed by atoms with Gasteiger partial charge in [0.15, 0.2) is 0 Å². The summed E-state index contributed by atoms with van der Waals surface area (Å²) in [5.74, 6) is 1.04.